The van der Waals surface area contributed by atoms with Crippen molar-refractivity contribution < 1.29 is 32.2 Å². The average Bonchev–Trinajstić information content (AvgIpc) is 3.57. The standard InChI is InChI=1S/C24H25Cl2FN2O6S/c1-36(33,34)28-23(30)19-10-18(13-4-5-13)21(11-20(19)27)35-17-3-2-6-29(12-17)22(24(31)32)14-7-15(25)9-16(26)8-14/h7-11,13,17,22H,2-6,12H2,1H3,(H,28,30)(H,31,32)/t17-,22?/m1/s1. The SMILES string of the molecule is CS(=O)(=O)NC(=O)c1cc(C2CC2)c(O[C@@H]2CCCN(C(C(=O)O)c3cc(Cl)cc(Cl)c3)C2)cc1F. The summed E-state index contributed by atoms with van der Waals surface area (Å²) >= 11 is 12.2. The molecule has 1 aliphatic heterocycles. The van der Waals surface area contributed by atoms with E-state index in [0.717, 1.165) is 25.2 Å². The Morgan fingerprint density at radius 3 is 2.39 bits per heavy atom. The maximum Gasteiger partial charge on any atom is 0.325 e. The second-order valence-electron chi connectivity index (χ2n) is 9.17. The van der Waals surface area contributed by atoms with Gasteiger partial charge in [-0.05, 0) is 73.5 Å². The Bertz CT molecular complexity index is 1280. The molecule has 1 unspecified atom stereocenters. The van der Waals surface area contributed by atoms with Crippen LogP contribution in [-0.2, 0) is 14.8 Å². The van der Waals surface area contributed by atoms with E-state index in [2.05, 4.69) is 0 Å². The van der Waals surface area contributed by atoms with E-state index in [9.17, 15) is 27.5 Å². The number of rotatable bonds is 8. The lowest BCUT2D eigenvalue weighted by molar-refractivity contribution is -0.144. The molecule has 36 heavy (non-hydrogen) atoms. The zero-order chi connectivity index (χ0) is 26.2. The number of likely N-dealkylation sites (tertiary alicyclic amines) is 1. The topological polar surface area (TPSA) is 113 Å². The fourth-order valence-corrected chi connectivity index (χ4v) is 5.49. The zero-order valence-corrected chi connectivity index (χ0v) is 21.7. The van der Waals surface area contributed by atoms with Crippen molar-refractivity contribution in [3.05, 3.63) is 62.9 Å². The number of hydrogen-bond acceptors (Lipinski definition) is 6. The second-order valence-corrected chi connectivity index (χ2v) is 11.8. The van der Waals surface area contributed by atoms with E-state index in [0.29, 0.717) is 40.6 Å². The van der Waals surface area contributed by atoms with Crippen molar-refractivity contribution in [2.75, 3.05) is 19.3 Å². The van der Waals surface area contributed by atoms with Crippen molar-refractivity contribution in [1.29, 1.82) is 0 Å². The molecule has 194 valence electrons. The Morgan fingerprint density at radius 2 is 1.81 bits per heavy atom. The number of ether oxygens (including phenoxy) is 1. The molecular formula is C24H25Cl2FN2O6S. The van der Waals surface area contributed by atoms with Gasteiger partial charge in [-0.2, -0.15) is 0 Å². The number of carbonyl (C=O) groups is 2. The van der Waals surface area contributed by atoms with Crippen LogP contribution in [0.3, 0.4) is 0 Å². The van der Waals surface area contributed by atoms with E-state index >= 15 is 0 Å². The molecule has 1 aliphatic carbocycles. The summed E-state index contributed by atoms with van der Waals surface area (Å²) in [5, 5.41) is 10.6. The second kappa shape index (κ2) is 10.5. The highest BCUT2D eigenvalue weighted by Crippen LogP contribution is 2.45. The van der Waals surface area contributed by atoms with Crippen LogP contribution in [0.2, 0.25) is 10.0 Å². The largest absolute Gasteiger partial charge is 0.489 e. The van der Waals surface area contributed by atoms with Gasteiger partial charge in [0.1, 0.15) is 23.7 Å². The Labute approximate surface area is 218 Å². The summed E-state index contributed by atoms with van der Waals surface area (Å²) in [6.45, 7) is 0.776. The van der Waals surface area contributed by atoms with Gasteiger partial charge in [0, 0.05) is 22.7 Å². The van der Waals surface area contributed by atoms with Crippen molar-refractivity contribution in [2.45, 2.75) is 43.7 Å². The summed E-state index contributed by atoms with van der Waals surface area (Å²) in [5.74, 6) is -2.65. The van der Waals surface area contributed by atoms with Crippen LogP contribution in [0, 0.1) is 5.82 Å². The summed E-state index contributed by atoms with van der Waals surface area (Å²) < 4.78 is 45.7. The van der Waals surface area contributed by atoms with Crippen LogP contribution < -0.4 is 9.46 Å². The highest BCUT2D eigenvalue weighted by molar-refractivity contribution is 7.89. The van der Waals surface area contributed by atoms with Gasteiger partial charge < -0.3 is 9.84 Å². The fraction of sp³-hybridized carbons (Fsp3) is 0.417. The lowest BCUT2D eigenvalue weighted by Gasteiger charge is -2.37. The quantitative estimate of drug-likeness (QED) is 0.494. The number of hydrogen-bond donors (Lipinski definition) is 2. The van der Waals surface area contributed by atoms with Crippen LogP contribution in [0.5, 0.6) is 5.75 Å². The maximum absolute atomic E-state index is 14.9. The van der Waals surface area contributed by atoms with Gasteiger partial charge in [0.25, 0.3) is 5.91 Å². The van der Waals surface area contributed by atoms with Crippen LogP contribution >= 0.6 is 23.2 Å². The molecule has 2 atom stereocenters. The summed E-state index contributed by atoms with van der Waals surface area (Å²) in [6.07, 6.45) is 3.34. The number of carboxylic acids is 1. The molecule has 2 fully saturated rings. The number of amides is 1. The summed E-state index contributed by atoms with van der Waals surface area (Å²) in [5.41, 5.74) is 0.707. The number of sulfonamides is 1. The highest BCUT2D eigenvalue weighted by Gasteiger charge is 2.35. The Hall–Kier alpha value is -2.40. The van der Waals surface area contributed by atoms with Gasteiger partial charge in [-0.25, -0.2) is 17.5 Å². The zero-order valence-electron chi connectivity index (χ0n) is 19.3. The van der Waals surface area contributed by atoms with E-state index in [1.807, 2.05) is 0 Å². The third-order valence-corrected chi connectivity index (χ3v) is 7.13. The summed E-state index contributed by atoms with van der Waals surface area (Å²) in [6, 6.07) is 6.12. The molecule has 0 spiro atoms. The predicted octanol–water partition coefficient (Wildman–Crippen LogP) is 4.37. The number of halogens is 3. The molecule has 4 rings (SSSR count). The van der Waals surface area contributed by atoms with Gasteiger partial charge in [-0.3, -0.25) is 14.5 Å². The maximum atomic E-state index is 14.9. The first-order valence-electron chi connectivity index (χ1n) is 11.4. The predicted molar refractivity (Wildman–Crippen MR) is 133 cm³/mol. The smallest absolute Gasteiger partial charge is 0.325 e. The molecule has 2 aliphatic rings. The first-order chi connectivity index (χ1) is 16.9. The number of carboxylic acid groups (broad SMARTS) is 1. The van der Waals surface area contributed by atoms with Crippen molar-refractivity contribution >= 4 is 45.1 Å². The Kier molecular flexibility index (Phi) is 7.80. The minimum atomic E-state index is -3.86. The van der Waals surface area contributed by atoms with Gasteiger partial charge in [0.05, 0.1) is 11.8 Å². The van der Waals surface area contributed by atoms with Gasteiger partial charge in [0.15, 0.2) is 0 Å². The van der Waals surface area contributed by atoms with E-state index in [1.54, 1.807) is 21.8 Å². The molecule has 0 aromatic heterocycles. The summed E-state index contributed by atoms with van der Waals surface area (Å²) in [4.78, 5) is 26.2. The first kappa shape index (κ1) is 26.7. The number of nitrogens with one attached hydrogen (secondary N) is 1. The van der Waals surface area contributed by atoms with Crippen molar-refractivity contribution in [2.24, 2.45) is 0 Å². The Morgan fingerprint density at radius 1 is 1.14 bits per heavy atom. The van der Waals surface area contributed by atoms with E-state index in [4.69, 9.17) is 27.9 Å². The first-order valence-corrected chi connectivity index (χ1v) is 14.0. The minimum Gasteiger partial charge on any atom is -0.489 e. The molecule has 2 aromatic carbocycles. The third kappa shape index (κ3) is 6.47. The molecule has 2 aromatic rings. The highest BCUT2D eigenvalue weighted by atomic mass is 35.5. The van der Waals surface area contributed by atoms with Crippen molar-refractivity contribution in [1.82, 2.24) is 9.62 Å². The van der Waals surface area contributed by atoms with E-state index in [-0.39, 0.29) is 23.8 Å². The average molecular weight is 559 g/mol. The minimum absolute atomic E-state index is 0.0745. The molecule has 1 saturated heterocycles. The van der Waals surface area contributed by atoms with Crippen molar-refractivity contribution in [3.8, 4) is 5.75 Å². The van der Waals surface area contributed by atoms with Crippen LogP contribution in [0.15, 0.2) is 30.3 Å². The lowest BCUT2D eigenvalue weighted by Crippen LogP contribution is -2.45. The van der Waals surface area contributed by atoms with E-state index in [1.165, 1.54) is 12.1 Å². The Balaban J connectivity index is 1.57. The number of carbonyl (C=O) groups excluding carboxylic acids is 1. The van der Waals surface area contributed by atoms with Crippen LogP contribution in [0.25, 0.3) is 0 Å². The van der Waals surface area contributed by atoms with Crippen LogP contribution in [0.4, 0.5) is 4.39 Å². The molecule has 8 nitrogen and oxygen atoms in total. The van der Waals surface area contributed by atoms with Gasteiger partial charge in [-0.1, -0.05) is 23.2 Å². The van der Waals surface area contributed by atoms with Crippen LogP contribution in [0.1, 0.15) is 59.1 Å². The van der Waals surface area contributed by atoms with Gasteiger partial charge in [-0.15, -0.1) is 0 Å². The number of piperidine rings is 1. The molecule has 1 heterocycles. The van der Waals surface area contributed by atoms with E-state index < -0.39 is 39.9 Å². The molecule has 0 radical (unpaired) electrons. The molecular weight excluding hydrogens is 534 g/mol. The number of nitrogens with zero attached hydrogens (tertiary/aromatic N) is 1. The van der Waals surface area contributed by atoms with Gasteiger partial charge in [0.2, 0.25) is 10.0 Å². The van der Waals surface area contributed by atoms with Gasteiger partial charge >= 0.3 is 5.97 Å². The third-order valence-electron chi connectivity index (χ3n) is 6.14. The number of benzene rings is 2. The monoisotopic (exact) mass is 558 g/mol. The molecule has 1 amide bonds. The summed E-state index contributed by atoms with van der Waals surface area (Å²) in [7, 11) is -3.86. The molecule has 2 N–H and O–H groups in total. The molecule has 1 saturated carbocycles. The fourth-order valence-electron chi connectivity index (χ4n) is 4.50. The molecule has 0 bridgehead atoms. The van der Waals surface area contributed by atoms with Crippen LogP contribution in [-0.4, -0.2) is 55.7 Å². The molecule has 12 heteroatoms. The number of aliphatic carboxylic acids is 1. The van der Waals surface area contributed by atoms with Crippen molar-refractivity contribution in [3.63, 3.8) is 0 Å². The lowest BCUT2D eigenvalue weighted by atomic mass is 10.00. The normalized spacial score (nSPS) is 19.5.